The van der Waals surface area contributed by atoms with Gasteiger partial charge in [0.1, 0.15) is 5.25 Å². The molecule has 0 aromatic heterocycles. The number of ether oxygens (including phenoxy) is 1. The van der Waals surface area contributed by atoms with Crippen molar-refractivity contribution < 1.29 is 9.53 Å². The molecule has 1 saturated heterocycles. The lowest BCUT2D eigenvalue weighted by molar-refractivity contribution is -0.137. The molecule has 0 aromatic rings. The molecule has 1 atom stereocenters. The van der Waals surface area contributed by atoms with Crippen LogP contribution in [-0.4, -0.2) is 23.0 Å². The average molecular weight is 160 g/mol. The highest BCUT2D eigenvalue weighted by atomic mass is 32.2. The lowest BCUT2D eigenvalue weighted by atomic mass is 10.4. The van der Waals surface area contributed by atoms with Crippen LogP contribution < -0.4 is 5.73 Å². The molecule has 56 valence electrons. The van der Waals surface area contributed by atoms with E-state index in [4.69, 9.17) is 11.1 Å². The number of amidine groups is 1. The van der Waals surface area contributed by atoms with Crippen molar-refractivity contribution in [2.24, 2.45) is 5.73 Å². The predicted octanol–water partition coefficient (Wildman–Crippen LogP) is -0.0714. The normalized spacial score (nSPS) is 24.4. The Morgan fingerprint density at radius 3 is 3.00 bits per heavy atom. The molecule has 10 heavy (non-hydrogen) atoms. The van der Waals surface area contributed by atoms with Crippen LogP contribution in [0.5, 0.6) is 0 Å². The van der Waals surface area contributed by atoms with Gasteiger partial charge in [0.2, 0.25) is 0 Å². The number of thioether (sulfide) groups is 1. The third-order valence-corrected chi connectivity index (χ3v) is 2.12. The first-order valence-electron chi connectivity index (χ1n) is 2.87. The summed E-state index contributed by atoms with van der Waals surface area (Å²) < 4.78 is 4.65. The molecular formula is C5H8N2O2S. The van der Waals surface area contributed by atoms with Crippen molar-refractivity contribution in [3.8, 4) is 0 Å². The molecule has 1 heterocycles. The van der Waals surface area contributed by atoms with Crippen molar-refractivity contribution in [3.63, 3.8) is 0 Å². The molecule has 0 radical (unpaired) electrons. The molecule has 5 heteroatoms. The fourth-order valence-electron chi connectivity index (χ4n) is 0.738. The molecule has 1 fully saturated rings. The minimum Gasteiger partial charge on any atom is -0.465 e. The van der Waals surface area contributed by atoms with Gasteiger partial charge in [0, 0.05) is 6.42 Å². The van der Waals surface area contributed by atoms with Gasteiger partial charge in [-0.2, -0.15) is 0 Å². The second-order valence-corrected chi connectivity index (χ2v) is 3.17. The summed E-state index contributed by atoms with van der Waals surface area (Å²) >= 11 is 1.06. The number of carbonyl (C=O) groups excluding carboxylic acids is 1. The number of rotatable bonds is 1. The minimum atomic E-state index is -0.250. The molecule has 0 spiro atoms. The summed E-state index contributed by atoms with van der Waals surface area (Å²) in [5, 5.41) is 6.62. The van der Waals surface area contributed by atoms with Crippen molar-refractivity contribution in [2.45, 2.75) is 11.7 Å². The highest BCUT2D eigenvalue weighted by Gasteiger charge is 2.27. The highest BCUT2D eigenvalue weighted by molar-refractivity contribution is 8.14. The second-order valence-electron chi connectivity index (χ2n) is 1.93. The number of hydrogen-bond donors (Lipinski definition) is 2. The van der Waals surface area contributed by atoms with Crippen LogP contribution in [-0.2, 0) is 9.53 Å². The molecule has 1 aliphatic heterocycles. The third-order valence-electron chi connectivity index (χ3n) is 1.16. The van der Waals surface area contributed by atoms with E-state index in [1.165, 1.54) is 0 Å². The fraction of sp³-hybridized carbons (Fsp3) is 0.600. The Bertz CT molecular complexity index is 171. The summed E-state index contributed by atoms with van der Waals surface area (Å²) in [6, 6.07) is 0. The zero-order valence-electron chi connectivity index (χ0n) is 5.29. The van der Waals surface area contributed by atoms with Crippen LogP contribution in [0.2, 0.25) is 0 Å². The minimum absolute atomic E-state index is 0.0242. The van der Waals surface area contributed by atoms with Crippen LogP contribution in [0.25, 0.3) is 0 Å². The maximum atomic E-state index is 10.7. The summed E-state index contributed by atoms with van der Waals surface area (Å²) in [7, 11) is 0. The van der Waals surface area contributed by atoms with Gasteiger partial charge in [-0.15, -0.1) is 0 Å². The number of nitrogens with two attached hydrogens (primary N) is 1. The summed E-state index contributed by atoms with van der Waals surface area (Å²) in [5.41, 5.74) is 5.07. The lowest BCUT2D eigenvalue weighted by Gasteiger charge is -2.00. The van der Waals surface area contributed by atoms with Gasteiger partial charge in [-0.1, -0.05) is 11.8 Å². The fourth-order valence-corrected chi connectivity index (χ4v) is 1.42. The average Bonchev–Trinajstić information content (AvgIpc) is 2.15. The van der Waals surface area contributed by atoms with Gasteiger partial charge in [-0.25, -0.2) is 0 Å². The Morgan fingerprint density at radius 1 is 1.90 bits per heavy atom. The molecule has 1 rings (SSSR count). The van der Waals surface area contributed by atoms with Crippen LogP contribution in [0.3, 0.4) is 0 Å². The Morgan fingerprint density at radius 2 is 2.60 bits per heavy atom. The summed E-state index contributed by atoms with van der Waals surface area (Å²) in [5.74, 6) is -0.250. The van der Waals surface area contributed by atoms with Crippen LogP contribution in [0.4, 0.5) is 0 Å². The van der Waals surface area contributed by atoms with Gasteiger partial charge >= 0.3 is 5.97 Å². The Hall–Kier alpha value is -0.710. The zero-order valence-corrected chi connectivity index (χ0v) is 6.11. The molecule has 0 amide bonds. The van der Waals surface area contributed by atoms with E-state index < -0.39 is 0 Å². The predicted molar refractivity (Wildman–Crippen MR) is 38.9 cm³/mol. The van der Waals surface area contributed by atoms with E-state index in [9.17, 15) is 4.79 Å². The van der Waals surface area contributed by atoms with Crippen molar-refractivity contribution in [1.29, 1.82) is 5.41 Å². The van der Waals surface area contributed by atoms with Crippen LogP contribution in [0.1, 0.15) is 6.42 Å². The molecule has 1 aliphatic rings. The quantitative estimate of drug-likeness (QED) is 0.320. The number of carbonyl (C=O) groups is 1. The highest BCUT2D eigenvalue weighted by Crippen LogP contribution is 2.20. The second kappa shape index (κ2) is 2.92. The first-order valence-corrected chi connectivity index (χ1v) is 3.75. The third kappa shape index (κ3) is 1.63. The molecule has 0 saturated carbocycles. The van der Waals surface area contributed by atoms with Gasteiger partial charge in [-0.05, 0) is 0 Å². The lowest BCUT2D eigenvalue weighted by Crippen LogP contribution is -2.16. The van der Waals surface area contributed by atoms with Crippen LogP contribution in [0, 0.1) is 5.41 Å². The Balaban J connectivity index is 2.40. The number of hydrogen-bond acceptors (Lipinski definition) is 4. The van der Waals surface area contributed by atoms with Crippen molar-refractivity contribution in [3.05, 3.63) is 0 Å². The van der Waals surface area contributed by atoms with E-state index >= 15 is 0 Å². The van der Waals surface area contributed by atoms with E-state index in [-0.39, 0.29) is 16.4 Å². The monoisotopic (exact) mass is 160 g/mol. The maximum absolute atomic E-state index is 10.7. The van der Waals surface area contributed by atoms with Crippen LogP contribution >= 0.6 is 11.8 Å². The molecule has 0 unspecified atom stereocenters. The van der Waals surface area contributed by atoms with Crippen molar-refractivity contribution in [1.82, 2.24) is 0 Å². The first-order chi connectivity index (χ1) is 4.70. The Kier molecular flexibility index (Phi) is 2.16. The van der Waals surface area contributed by atoms with Gasteiger partial charge < -0.3 is 10.5 Å². The largest absolute Gasteiger partial charge is 0.465 e. The SMILES string of the molecule is N=C(N)S[C@H]1CCOC1=O. The molecule has 0 bridgehead atoms. The Labute approximate surface area is 62.6 Å². The van der Waals surface area contributed by atoms with E-state index in [2.05, 4.69) is 4.74 Å². The molecule has 4 nitrogen and oxygen atoms in total. The maximum Gasteiger partial charge on any atom is 0.319 e. The number of nitrogens with one attached hydrogen (secondary N) is 1. The molecular weight excluding hydrogens is 152 g/mol. The van der Waals surface area contributed by atoms with Gasteiger partial charge in [0.05, 0.1) is 6.61 Å². The summed E-state index contributed by atoms with van der Waals surface area (Å²) in [4.78, 5) is 10.7. The standard InChI is InChI=1S/C5H8N2O2S/c6-5(7)10-3-1-2-9-4(3)8/h3H,1-2H2,(H3,6,7)/t3-/m0/s1. The van der Waals surface area contributed by atoms with Gasteiger partial charge in [0.25, 0.3) is 0 Å². The van der Waals surface area contributed by atoms with E-state index in [1.807, 2.05) is 0 Å². The smallest absolute Gasteiger partial charge is 0.319 e. The van der Waals surface area contributed by atoms with E-state index in [0.717, 1.165) is 11.8 Å². The molecule has 0 aromatic carbocycles. The number of cyclic esters (lactones) is 1. The summed E-state index contributed by atoms with van der Waals surface area (Å²) in [6.07, 6.45) is 0.670. The molecule has 0 aliphatic carbocycles. The van der Waals surface area contributed by atoms with Crippen molar-refractivity contribution >= 4 is 22.9 Å². The van der Waals surface area contributed by atoms with Gasteiger partial charge in [0.15, 0.2) is 5.17 Å². The zero-order chi connectivity index (χ0) is 7.56. The summed E-state index contributed by atoms with van der Waals surface area (Å²) in [6.45, 7) is 0.462. The topological polar surface area (TPSA) is 76.2 Å². The van der Waals surface area contributed by atoms with Crippen LogP contribution in [0.15, 0.2) is 0 Å². The van der Waals surface area contributed by atoms with E-state index in [1.54, 1.807) is 0 Å². The van der Waals surface area contributed by atoms with E-state index in [0.29, 0.717) is 13.0 Å². The molecule has 3 N–H and O–H groups in total. The number of esters is 1. The first kappa shape index (κ1) is 7.40. The van der Waals surface area contributed by atoms with Crippen molar-refractivity contribution in [2.75, 3.05) is 6.61 Å². The van der Waals surface area contributed by atoms with Gasteiger partial charge in [-0.3, -0.25) is 10.2 Å².